The summed E-state index contributed by atoms with van der Waals surface area (Å²) in [4.78, 5) is 2.53. The van der Waals surface area contributed by atoms with Gasteiger partial charge in [-0.1, -0.05) is 6.92 Å². The van der Waals surface area contributed by atoms with Gasteiger partial charge < -0.3 is 4.90 Å². The van der Waals surface area contributed by atoms with Crippen LogP contribution >= 0.6 is 0 Å². The second kappa shape index (κ2) is 4.27. The van der Waals surface area contributed by atoms with Gasteiger partial charge in [0, 0.05) is 12.1 Å². The lowest BCUT2D eigenvalue weighted by Crippen LogP contribution is -2.39. The van der Waals surface area contributed by atoms with Gasteiger partial charge in [-0.15, -0.1) is 0 Å². The highest BCUT2D eigenvalue weighted by molar-refractivity contribution is 4.77. The fourth-order valence-corrected chi connectivity index (χ4v) is 2.07. The Bertz CT molecular complexity index is 123. The summed E-state index contributed by atoms with van der Waals surface area (Å²) in [6.07, 6.45) is 5.69. The highest BCUT2D eigenvalue weighted by Gasteiger charge is 2.22. The van der Waals surface area contributed by atoms with Crippen LogP contribution in [0.4, 0.5) is 0 Å². The summed E-state index contributed by atoms with van der Waals surface area (Å²) in [5.41, 5.74) is 0. The van der Waals surface area contributed by atoms with Crippen LogP contribution in [0.25, 0.3) is 0 Å². The molecule has 0 amide bonds. The fraction of sp³-hybridized carbons (Fsp3) is 1.00. The van der Waals surface area contributed by atoms with Crippen LogP contribution in [0.15, 0.2) is 0 Å². The van der Waals surface area contributed by atoms with Crippen molar-refractivity contribution in [2.45, 2.75) is 58.5 Å². The molecule has 1 saturated carbocycles. The van der Waals surface area contributed by atoms with E-state index in [0.29, 0.717) is 6.04 Å². The first-order chi connectivity index (χ1) is 5.61. The lowest BCUT2D eigenvalue weighted by molar-refractivity contribution is 0.139. The minimum Gasteiger partial charge on any atom is -0.301 e. The van der Waals surface area contributed by atoms with E-state index < -0.39 is 0 Å². The van der Waals surface area contributed by atoms with Crippen LogP contribution in [0.3, 0.4) is 0 Å². The van der Waals surface area contributed by atoms with Crippen molar-refractivity contribution in [2.24, 2.45) is 5.92 Å². The van der Waals surface area contributed by atoms with Gasteiger partial charge in [-0.2, -0.15) is 0 Å². The molecule has 0 aliphatic heterocycles. The highest BCUT2D eigenvalue weighted by Crippen LogP contribution is 2.27. The zero-order chi connectivity index (χ0) is 9.14. The molecule has 0 bridgehead atoms. The summed E-state index contributed by atoms with van der Waals surface area (Å²) in [6, 6.07) is 1.57. The van der Waals surface area contributed by atoms with Gasteiger partial charge in [0.05, 0.1) is 0 Å². The van der Waals surface area contributed by atoms with Crippen molar-refractivity contribution in [1.29, 1.82) is 0 Å². The van der Waals surface area contributed by atoms with Crippen molar-refractivity contribution >= 4 is 0 Å². The Balaban J connectivity index is 2.34. The third-order valence-electron chi connectivity index (χ3n) is 3.38. The lowest BCUT2D eigenvalue weighted by Gasteiger charge is -2.35. The zero-order valence-corrected chi connectivity index (χ0v) is 9.01. The van der Waals surface area contributed by atoms with E-state index in [9.17, 15) is 0 Å². The molecule has 1 aliphatic carbocycles. The standard InChI is InChI=1S/C11H23N/c1-9(2)12(4)11-7-5-10(3)6-8-11/h9-11H,5-8H2,1-4H3/t10-,11+. The largest absolute Gasteiger partial charge is 0.301 e. The maximum Gasteiger partial charge on any atom is 0.00951 e. The van der Waals surface area contributed by atoms with E-state index in [1.54, 1.807) is 0 Å². The Morgan fingerprint density at radius 3 is 2.00 bits per heavy atom. The zero-order valence-electron chi connectivity index (χ0n) is 9.01. The van der Waals surface area contributed by atoms with Gasteiger partial charge in [0.1, 0.15) is 0 Å². The molecule has 0 atom stereocenters. The van der Waals surface area contributed by atoms with E-state index >= 15 is 0 Å². The van der Waals surface area contributed by atoms with E-state index in [1.165, 1.54) is 25.7 Å². The van der Waals surface area contributed by atoms with Crippen molar-refractivity contribution in [2.75, 3.05) is 7.05 Å². The van der Waals surface area contributed by atoms with Crippen molar-refractivity contribution < 1.29 is 0 Å². The van der Waals surface area contributed by atoms with Crippen LogP contribution in [0.5, 0.6) is 0 Å². The van der Waals surface area contributed by atoms with Gasteiger partial charge in [0.25, 0.3) is 0 Å². The molecule has 1 aliphatic rings. The SMILES string of the molecule is CC(C)N(C)[C@H]1CC[C@@H](C)CC1. The van der Waals surface area contributed by atoms with Crippen LogP contribution in [0, 0.1) is 5.92 Å². The molecule has 0 N–H and O–H groups in total. The Hall–Kier alpha value is -0.0400. The molecule has 1 nitrogen and oxygen atoms in total. The molecule has 1 fully saturated rings. The third-order valence-corrected chi connectivity index (χ3v) is 3.38. The van der Waals surface area contributed by atoms with E-state index in [2.05, 4.69) is 32.7 Å². The minimum atomic E-state index is 0.711. The van der Waals surface area contributed by atoms with Crippen LogP contribution in [0.1, 0.15) is 46.5 Å². The predicted molar refractivity (Wildman–Crippen MR) is 54.3 cm³/mol. The van der Waals surface area contributed by atoms with Crippen LogP contribution in [-0.2, 0) is 0 Å². The molecule has 0 aromatic rings. The molecule has 12 heavy (non-hydrogen) atoms. The summed E-state index contributed by atoms with van der Waals surface area (Å²) in [5.74, 6) is 0.974. The fourth-order valence-electron chi connectivity index (χ4n) is 2.07. The summed E-state index contributed by atoms with van der Waals surface area (Å²) < 4.78 is 0. The van der Waals surface area contributed by atoms with Gasteiger partial charge in [-0.3, -0.25) is 0 Å². The Morgan fingerprint density at radius 2 is 1.58 bits per heavy atom. The van der Waals surface area contributed by atoms with Crippen LogP contribution in [-0.4, -0.2) is 24.0 Å². The Kier molecular flexibility index (Phi) is 3.57. The van der Waals surface area contributed by atoms with Crippen LogP contribution in [0.2, 0.25) is 0 Å². The van der Waals surface area contributed by atoms with Crippen molar-refractivity contribution in [1.82, 2.24) is 4.90 Å². The topological polar surface area (TPSA) is 3.24 Å². The van der Waals surface area contributed by atoms with E-state index in [-0.39, 0.29) is 0 Å². The second-order valence-corrected chi connectivity index (χ2v) is 4.67. The third kappa shape index (κ3) is 2.48. The lowest BCUT2D eigenvalue weighted by atomic mass is 9.86. The predicted octanol–water partition coefficient (Wildman–Crippen LogP) is 2.91. The quantitative estimate of drug-likeness (QED) is 0.614. The first-order valence-corrected chi connectivity index (χ1v) is 5.33. The summed E-state index contributed by atoms with van der Waals surface area (Å²) in [5, 5.41) is 0. The average Bonchev–Trinajstić information content (AvgIpc) is 2.04. The molecule has 0 aromatic heterocycles. The molecule has 1 rings (SSSR count). The molecule has 0 aromatic carbocycles. The Labute approximate surface area is 77.1 Å². The van der Waals surface area contributed by atoms with E-state index in [1.807, 2.05) is 0 Å². The first kappa shape index (κ1) is 10.0. The van der Waals surface area contributed by atoms with E-state index in [4.69, 9.17) is 0 Å². The summed E-state index contributed by atoms with van der Waals surface area (Å²) in [6.45, 7) is 6.96. The van der Waals surface area contributed by atoms with Crippen molar-refractivity contribution in [3.8, 4) is 0 Å². The molecule has 0 radical (unpaired) electrons. The smallest absolute Gasteiger partial charge is 0.00951 e. The molecular formula is C11H23N. The molecule has 72 valence electrons. The number of rotatable bonds is 2. The molecule has 0 heterocycles. The van der Waals surface area contributed by atoms with Gasteiger partial charge in [-0.05, 0) is 52.5 Å². The molecule has 1 heteroatoms. The number of nitrogens with zero attached hydrogens (tertiary/aromatic N) is 1. The molecule has 0 saturated heterocycles. The minimum absolute atomic E-state index is 0.711. The number of hydrogen-bond donors (Lipinski definition) is 0. The monoisotopic (exact) mass is 169 g/mol. The van der Waals surface area contributed by atoms with Crippen molar-refractivity contribution in [3.05, 3.63) is 0 Å². The van der Waals surface area contributed by atoms with Crippen molar-refractivity contribution in [3.63, 3.8) is 0 Å². The maximum atomic E-state index is 2.53. The normalized spacial score (nSPS) is 31.5. The highest BCUT2D eigenvalue weighted by atomic mass is 15.1. The first-order valence-electron chi connectivity index (χ1n) is 5.33. The molecule has 0 spiro atoms. The molecular weight excluding hydrogens is 146 g/mol. The average molecular weight is 169 g/mol. The van der Waals surface area contributed by atoms with Gasteiger partial charge in [0.2, 0.25) is 0 Å². The van der Waals surface area contributed by atoms with E-state index in [0.717, 1.165) is 12.0 Å². The molecule has 0 unspecified atom stereocenters. The van der Waals surface area contributed by atoms with Gasteiger partial charge >= 0.3 is 0 Å². The summed E-state index contributed by atoms with van der Waals surface area (Å²) >= 11 is 0. The second-order valence-electron chi connectivity index (χ2n) is 4.67. The van der Waals surface area contributed by atoms with Gasteiger partial charge in [-0.25, -0.2) is 0 Å². The number of hydrogen-bond acceptors (Lipinski definition) is 1. The maximum absolute atomic E-state index is 2.53. The van der Waals surface area contributed by atoms with Crippen LogP contribution < -0.4 is 0 Å². The van der Waals surface area contributed by atoms with Gasteiger partial charge in [0.15, 0.2) is 0 Å². The summed E-state index contributed by atoms with van der Waals surface area (Å²) in [7, 11) is 2.27. The Morgan fingerprint density at radius 1 is 1.08 bits per heavy atom.